The van der Waals surface area contributed by atoms with E-state index in [4.69, 9.17) is 4.74 Å². The van der Waals surface area contributed by atoms with E-state index >= 15 is 0 Å². The predicted molar refractivity (Wildman–Crippen MR) is 259 cm³/mol. The van der Waals surface area contributed by atoms with Gasteiger partial charge in [-0.1, -0.05) is 86.7 Å². The van der Waals surface area contributed by atoms with Gasteiger partial charge in [-0.05, 0) is 116 Å². The number of anilines is 1. The van der Waals surface area contributed by atoms with Crippen LogP contribution < -0.4 is 4.90 Å². The lowest BCUT2D eigenvalue weighted by Crippen LogP contribution is -2.34. The molecule has 338 valence electrons. The van der Waals surface area contributed by atoms with E-state index in [0.717, 1.165) is 50.1 Å². The molecule has 2 heterocycles. The summed E-state index contributed by atoms with van der Waals surface area (Å²) in [5.41, 5.74) is 7.28. The Bertz CT molecular complexity index is 2940. The van der Waals surface area contributed by atoms with Gasteiger partial charge in [0.2, 0.25) is 5.69 Å². The van der Waals surface area contributed by atoms with E-state index in [1.165, 1.54) is 22.8 Å². The highest BCUT2D eigenvalue weighted by atomic mass is 32.2. The molecule has 0 N–H and O–H groups in total. The first-order chi connectivity index (χ1) is 30.0. The van der Waals surface area contributed by atoms with Crippen LogP contribution in [-0.2, 0) is 35.5 Å². The molecule has 64 heavy (non-hydrogen) atoms. The van der Waals surface area contributed by atoms with E-state index in [1.807, 2.05) is 57.2 Å². The maximum atomic E-state index is 13.9. The summed E-state index contributed by atoms with van der Waals surface area (Å²) in [5, 5.41) is 4.59. The predicted octanol–water partition coefficient (Wildman–Crippen LogP) is 10.4. The van der Waals surface area contributed by atoms with Gasteiger partial charge in [-0.3, -0.25) is 4.90 Å². The summed E-state index contributed by atoms with van der Waals surface area (Å²) >= 11 is 0. The van der Waals surface area contributed by atoms with E-state index in [2.05, 4.69) is 110 Å². The number of hydrogen-bond acceptors (Lipinski definition) is 8. The largest absolute Gasteiger partial charge is 0.748 e. The van der Waals surface area contributed by atoms with Gasteiger partial charge in [0.1, 0.15) is 22.0 Å². The van der Waals surface area contributed by atoms with Gasteiger partial charge >= 0.3 is 6.09 Å². The minimum Gasteiger partial charge on any atom is -0.748 e. The van der Waals surface area contributed by atoms with Crippen molar-refractivity contribution >= 4 is 64.7 Å². The number of benzene rings is 4. The van der Waals surface area contributed by atoms with Crippen molar-refractivity contribution in [2.45, 2.75) is 90.6 Å². The summed E-state index contributed by atoms with van der Waals surface area (Å²) < 4.78 is 66.8. The number of sulfone groups is 1. The van der Waals surface area contributed by atoms with Gasteiger partial charge in [0.25, 0.3) is 0 Å². The molecule has 0 saturated carbocycles. The summed E-state index contributed by atoms with van der Waals surface area (Å²) in [6.07, 6.45) is 15.1. The number of likely N-dealkylation sites (N-methyl/N-ethyl adjacent to an activating group) is 1. The third-order valence-electron chi connectivity index (χ3n) is 12.5. The highest BCUT2D eigenvalue weighted by Crippen LogP contribution is 2.51. The number of carbonyl (C=O) groups is 1. The van der Waals surface area contributed by atoms with E-state index < -0.39 is 48.2 Å². The van der Waals surface area contributed by atoms with Crippen molar-refractivity contribution < 1.29 is 35.5 Å². The number of carbonyl (C=O) groups excluding carboxylic acids is 1. The number of nitrogens with zero attached hydrogens (tertiary/aromatic N) is 3. The SMILES string of the molecule is CN(C(=O)OC(C)(C)C)C1=C(/C=C/C2=[N+](CCCCS(=O)(=O)[O-])c3ccc4ccccc4c3C2(C)C)C=C/C1=C\C=C1\N(CCCCS(C)(=O)=O)c2ccc3ccccc3c2C1(C)C. The Balaban J connectivity index is 1.33. The second kappa shape index (κ2) is 17.6. The molecule has 3 aliphatic rings. The van der Waals surface area contributed by atoms with Crippen LogP contribution >= 0.6 is 0 Å². The fourth-order valence-electron chi connectivity index (χ4n) is 9.65. The molecule has 4 aromatic rings. The number of ether oxygens (including phenoxy) is 1. The third-order valence-corrected chi connectivity index (χ3v) is 14.3. The minimum atomic E-state index is -4.34. The van der Waals surface area contributed by atoms with Crippen LogP contribution in [0.25, 0.3) is 21.5 Å². The molecule has 0 saturated heterocycles. The van der Waals surface area contributed by atoms with Crippen LogP contribution in [0.4, 0.5) is 16.2 Å². The number of amides is 1. The Hall–Kier alpha value is -5.30. The van der Waals surface area contributed by atoms with Crippen molar-refractivity contribution in [3.63, 3.8) is 0 Å². The number of rotatable bonds is 14. The van der Waals surface area contributed by atoms with E-state index in [9.17, 15) is 26.2 Å². The van der Waals surface area contributed by atoms with Crippen LogP contribution in [0.5, 0.6) is 0 Å². The van der Waals surface area contributed by atoms with Crippen molar-refractivity contribution in [3.05, 3.63) is 143 Å². The molecular formula is C52H61N3O7S2. The van der Waals surface area contributed by atoms with Gasteiger partial charge in [-0.15, -0.1) is 0 Å². The molecule has 0 spiro atoms. The van der Waals surface area contributed by atoms with E-state index in [0.29, 0.717) is 38.0 Å². The summed E-state index contributed by atoms with van der Waals surface area (Å²) in [4.78, 5) is 17.8. The summed E-state index contributed by atoms with van der Waals surface area (Å²) in [6.45, 7) is 15.5. The first kappa shape index (κ1) is 46.7. The number of hydrogen-bond donors (Lipinski definition) is 0. The molecule has 0 aromatic heterocycles. The fraction of sp³-hybridized carbons (Fsp3) is 0.385. The molecule has 0 unspecified atom stereocenters. The lowest BCUT2D eigenvalue weighted by molar-refractivity contribution is -0.438. The summed E-state index contributed by atoms with van der Waals surface area (Å²) in [5.74, 6) is -0.281. The Labute approximate surface area is 379 Å². The molecule has 12 heteroatoms. The van der Waals surface area contributed by atoms with E-state index in [-0.39, 0.29) is 12.2 Å². The normalized spacial score (nSPS) is 18.4. The number of fused-ring (bicyclic) bond motifs is 6. The number of allylic oxidation sites excluding steroid dienone is 8. The standard InChI is InChI=1S/C52H61N3O7S2/c1-50(2,3)62-49(56)53(8)48-38(26-30-44-51(4,5)46-40-20-12-10-18-36(40)24-28-42(46)54(44)32-14-16-34-63(9,57)58)22-23-39(48)27-31-45-52(6,7)47-41-21-13-11-19-37(41)25-29-43(47)55(45)33-15-17-35-64(59,60)61/h10-13,18-31H,14-17,32-35H2,1-9H3. The zero-order valence-electron chi connectivity index (χ0n) is 38.6. The lowest BCUT2D eigenvalue weighted by Gasteiger charge is -2.28. The topological polar surface area (TPSA) is 127 Å². The van der Waals surface area contributed by atoms with Gasteiger partial charge < -0.3 is 14.2 Å². The molecule has 0 fully saturated rings. The average Bonchev–Trinajstić information content (AvgIpc) is 3.78. The van der Waals surface area contributed by atoms with Crippen molar-refractivity contribution in [1.29, 1.82) is 0 Å². The molecular weight excluding hydrogens is 843 g/mol. The summed E-state index contributed by atoms with van der Waals surface area (Å²) in [7, 11) is -5.70. The van der Waals surface area contributed by atoms with Crippen molar-refractivity contribution in [2.75, 3.05) is 42.8 Å². The molecule has 4 aromatic carbocycles. The molecule has 0 radical (unpaired) electrons. The minimum absolute atomic E-state index is 0.132. The third kappa shape index (κ3) is 9.70. The van der Waals surface area contributed by atoms with Crippen molar-refractivity contribution in [1.82, 2.24) is 4.90 Å². The Morgan fingerprint density at radius 1 is 0.781 bits per heavy atom. The van der Waals surface area contributed by atoms with Gasteiger partial charge in [-0.25, -0.2) is 21.6 Å². The van der Waals surface area contributed by atoms with Crippen LogP contribution in [0.3, 0.4) is 0 Å². The zero-order valence-corrected chi connectivity index (χ0v) is 40.2. The van der Waals surface area contributed by atoms with Crippen LogP contribution in [0, 0.1) is 0 Å². The van der Waals surface area contributed by atoms with Crippen LogP contribution in [0.15, 0.2) is 132 Å². The van der Waals surface area contributed by atoms with Gasteiger partial charge in [0, 0.05) is 72.3 Å². The molecule has 0 atom stereocenters. The smallest absolute Gasteiger partial charge is 0.414 e. The lowest BCUT2D eigenvalue weighted by atomic mass is 9.79. The van der Waals surface area contributed by atoms with Crippen LogP contribution in [0.2, 0.25) is 0 Å². The maximum absolute atomic E-state index is 13.9. The quantitative estimate of drug-likeness (QED) is 0.0695. The monoisotopic (exact) mass is 903 g/mol. The fourth-order valence-corrected chi connectivity index (χ4v) is 10.9. The van der Waals surface area contributed by atoms with Gasteiger partial charge in [0.05, 0.1) is 21.2 Å². The first-order valence-electron chi connectivity index (χ1n) is 22.1. The first-order valence-corrected chi connectivity index (χ1v) is 25.7. The van der Waals surface area contributed by atoms with Crippen molar-refractivity contribution in [3.8, 4) is 0 Å². The Morgan fingerprint density at radius 2 is 1.41 bits per heavy atom. The maximum Gasteiger partial charge on any atom is 0.414 e. The molecule has 1 amide bonds. The average molecular weight is 904 g/mol. The van der Waals surface area contributed by atoms with Gasteiger partial charge in [0.15, 0.2) is 5.71 Å². The zero-order chi connectivity index (χ0) is 46.4. The molecule has 0 bridgehead atoms. The van der Waals surface area contributed by atoms with E-state index in [1.54, 1.807) is 11.9 Å². The van der Waals surface area contributed by atoms with Gasteiger partial charge in [-0.2, -0.15) is 4.58 Å². The molecule has 10 nitrogen and oxygen atoms in total. The Morgan fingerprint density at radius 3 is 2.05 bits per heavy atom. The number of unbranched alkanes of at least 4 members (excludes halogenated alkanes) is 2. The second-order valence-electron chi connectivity index (χ2n) is 19.3. The van der Waals surface area contributed by atoms with Crippen LogP contribution in [-0.4, -0.2) is 86.2 Å². The highest BCUT2D eigenvalue weighted by Gasteiger charge is 2.46. The summed E-state index contributed by atoms with van der Waals surface area (Å²) in [6, 6.07) is 25.2. The van der Waals surface area contributed by atoms with Crippen molar-refractivity contribution in [2.24, 2.45) is 0 Å². The molecule has 7 rings (SSSR count). The molecule has 1 aliphatic carbocycles. The van der Waals surface area contributed by atoms with Crippen LogP contribution in [0.1, 0.15) is 85.3 Å². The molecule has 2 aliphatic heterocycles. The highest BCUT2D eigenvalue weighted by molar-refractivity contribution is 7.90. The Kier molecular flexibility index (Phi) is 12.8. The second-order valence-corrected chi connectivity index (χ2v) is 23.1.